The lowest BCUT2D eigenvalue weighted by Crippen LogP contribution is -2.14. The molecule has 0 fully saturated rings. The number of carbonyl (C=O) groups excluding carboxylic acids is 1. The van der Waals surface area contributed by atoms with Gasteiger partial charge in [-0.05, 0) is 12.1 Å². The van der Waals surface area contributed by atoms with E-state index in [1.54, 1.807) is 6.92 Å². The summed E-state index contributed by atoms with van der Waals surface area (Å²) in [5, 5.41) is 19.4. The molecule has 8 heteroatoms. The minimum absolute atomic E-state index is 0.0922. The predicted molar refractivity (Wildman–Crippen MR) is 68.8 cm³/mol. The van der Waals surface area contributed by atoms with Crippen molar-refractivity contribution in [2.24, 2.45) is 0 Å². The molecule has 3 rings (SSSR count). The largest absolute Gasteiger partial charge is 0.360 e. The van der Waals surface area contributed by atoms with Gasteiger partial charge in [-0.15, -0.1) is 5.10 Å². The molecule has 2 heterocycles. The second kappa shape index (κ2) is 4.92. The molecule has 2 aromatic heterocycles. The lowest BCUT2D eigenvalue weighted by atomic mass is 10.1. The summed E-state index contributed by atoms with van der Waals surface area (Å²) >= 11 is 0. The van der Waals surface area contributed by atoms with E-state index in [9.17, 15) is 4.79 Å². The molecule has 0 atom stereocenters. The van der Waals surface area contributed by atoms with E-state index >= 15 is 0 Å². The Morgan fingerprint density at radius 3 is 2.80 bits per heavy atom. The van der Waals surface area contributed by atoms with Gasteiger partial charge in [-0.25, -0.2) is 0 Å². The van der Waals surface area contributed by atoms with E-state index in [1.807, 2.05) is 30.3 Å². The Labute approximate surface area is 113 Å². The van der Waals surface area contributed by atoms with Gasteiger partial charge in [0.05, 0.1) is 0 Å². The van der Waals surface area contributed by atoms with Crippen molar-refractivity contribution >= 4 is 11.9 Å². The lowest BCUT2D eigenvalue weighted by molar-refractivity contribution is 0.102. The van der Waals surface area contributed by atoms with E-state index in [0.717, 1.165) is 5.56 Å². The molecular formula is C12H10N6O2. The third-order valence-electron chi connectivity index (χ3n) is 2.71. The van der Waals surface area contributed by atoms with Gasteiger partial charge < -0.3 is 4.52 Å². The van der Waals surface area contributed by atoms with E-state index in [1.165, 1.54) is 0 Å². The topological polar surface area (TPSA) is 110 Å². The highest BCUT2D eigenvalue weighted by atomic mass is 16.5. The van der Waals surface area contributed by atoms with Crippen LogP contribution in [0, 0.1) is 6.92 Å². The van der Waals surface area contributed by atoms with Crippen molar-refractivity contribution in [3.05, 3.63) is 41.7 Å². The number of nitrogens with zero attached hydrogens (tertiary/aromatic N) is 4. The molecule has 0 spiro atoms. The first-order valence-electron chi connectivity index (χ1n) is 5.82. The van der Waals surface area contributed by atoms with Gasteiger partial charge in [0.15, 0.2) is 0 Å². The number of hydrogen-bond donors (Lipinski definition) is 2. The van der Waals surface area contributed by atoms with Crippen LogP contribution in [0.5, 0.6) is 0 Å². The zero-order valence-corrected chi connectivity index (χ0v) is 10.5. The maximum atomic E-state index is 12.3. The van der Waals surface area contributed by atoms with Gasteiger partial charge in [-0.2, -0.15) is 5.21 Å². The van der Waals surface area contributed by atoms with Crippen molar-refractivity contribution in [2.75, 3.05) is 5.32 Å². The van der Waals surface area contributed by atoms with Crippen LogP contribution in [-0.4, -0.2) is 31.7 Å². The Morgan fingerprint density at radius 2 is 2.10 bits per heavy atom. The molecule has 0 aliphatic heterocycles. The van der Waals surface area contributed by atoms with Crippen molar-refractivity contribution in [1.29, 1.82) is 0 Å². The van der Waals surface area contributed by atoms with Gasteiger partial charge in [0.2, 0.25) is 0 Å². The fourth-order valence-corrected chi connectivity index (χ4v) is 1.81. The quantitative estimate of drug-likeness (QED) is 0.744. The van der Waals surface area contributed by atoms with Crippen molar-refractivity contribution in [3.63, 3.8) is 0 Å². The summed E-state index contributed by atoms with van der Waals surface area (Å²) in [4.78, 5) is 12.3. The van der Waals surface area contributed by atoms with Gasteiger partial charge in [0, 0.05) is 5.56 Å². The number of nitrogens with one attached hydrogen (secondary N) is 2. The van der Waals surface area contributed by atoms with Crippen LogP contribution in [0.1, 0.15) is 16.1 Å². The molecule has 1 aromatic carbocycles. The molecule has 2 N–H and O–H groups in total. The number of tetrazole rings is 1. The third kappa shape index (κ3) is 2.14. The fraction of sp³-hybridized carbons (Fsp3) is 0.0833. The van der Waals surface area contributed by atoms with Crippen LogP contribution in [0.15, 0.2) is 34.9 Å². The highest BCUT2D eigenvalue weighted by Gasteiger charge is 2.22. The summed E-state index contributed by atoms with van der Waals surface area (Å²) in [6.07, 6.45) is 0. The van der Waals surface area contributed by atoms with E-state index in [-0.39, 0.29) is 5.95 Å². The Bertz CT molecular complexity index is 720. The van der Waals surface area contributed by atoms with Crippen LogP contribution in [0.2, 0.25) is 0 Å². The van der Waals surface area contributed by atoms with Crippen LogP contribution in [0.4, 0.5) is 5.95 Å². The van der Waals surface area contributed by atoms with E-state index in [0.29, 0.717) is 17.0 Å². The monoisotopic (exact) mass is 270 g/mol. The molecule has 0 bridgehead atoms. The SMILES string of the molecule is Cc1onc(-c2ccccc2)c1C(=O)Nc1nn[nH]n1. The first-order valence-corrected chi connectivity index (χ1v) is 5.82. The maximum absolute atomic E-state index is 12.3. The van der Waals surface area contributed by atoms with Crippen LogP contribution >= 0.6 is 0 Å². The average Bonchev–Trinajstić information content (AvgIpc) is 3.09. The summed E-state index contributed by atoms with van der Waals surface area (Å²) in [7, 11) is 0. The smallest absolute Gasteiger partial charge is 0.270 e. The molecule has 0 radical (unpaired) electrons. The Balaban J connectivity index is 1.97. The number of aromatic amines is 1. The summed E-state index contributed by atoms with van der Waals surface area (Å²) in [5.41, 5.74) is 1.62. The van der Waals surface area contributed by atoms with E-state index < -0.39 is 5.91 Å². The molecule has 8 nitrogen and oxygen atoms in total. The standard InChI is InChI=1S/C12H10N6O2/c1-7-9(11(19)13-12-14-17-18-15-12)10(16-20-7)8-5-3-2-4-6-8/h2-6H,1H3,(H2,13,14,15,17,18,19). The summed E-state index contributed by atoms with van der Waals surface area (Å²) in [5.74, 6) is 0.114. The number of amides is 1. The van der Waals surface area contributed by atoms with Gasteiger partial charge >= 0.3 is 0 Å². The molecule has 1 amide bonds. The number of hydrogen-bond acceptors (Lipinski definition) is 6. The summed E-state index contributed by atoms with van der Waals surface area (Å²) in [6.45, 7) is 1.67. The lowest BCUT2D eigenvalue weighted by Gasteiger charge is -2.01. The third-order valence-corrected chi connectivity index (χ3v) is 2.71. The Kier molecular flexibility index (Phi) is 2.96. The first kappa shape index (κ1) is 12.0. The Hall–Kier alpha value is -3.03. The van der Waals surface area contributed by atoms with Crippen LogP contribution in [-0.2, 0) is 0 Å². The molecule has 20 heavy (non-hydrogen) atoms. The molecule has 100 valence electrons. The first-order chi connectivity index (χ1) is 9.75. The molecule has 0 unspecified atom stereocenters. The molecule has 3 aromatic rings. The fourth-order valence-electron chi connectivity index (χ4n) is 1.81. The van der Waals surface area contributed by atoms with Crippen LogP contribution in [0.25, 0.3) is 11.3 Å². The average molecular weight is 270 g/mol. The van der Waals surface area contributed by atoms with Crippen LogP contribution in [0.3, 0.4) is 0 Å². The molecule has 0 aliphatic carbocycles. The molecular weight excluding hydrogens is 260 g/mol. The minimum atomic E-state index is -0.399. The van der Waals surface area contributed by atoms with Gasteiger partial charge in [0.25, 0.3) is 11.9 Å². The summed E-state index contributed by atoms with van der Waals surface area (Å²) < 4.78 is 5.12. The number of rotatable bonds is 3. The van der Waals surface area contributed by atoms with Gasteiger partial charge in [-0.3, -0.25) is 10.1 Å². The molecule has 0 saturated heterocycles. The maximum Gasteiger partial charge on any atom is 0.270 e. The number of benzene rings is 1. The number of anilines is 1. The van der Waals surface area contributed by atoms with E-state index in [4.69, 9.17) is 4.52 Å². The highest BCUT2D eigenvalue weighted by molar-refractivity contribution is 6.07. The number of aryl methyl sites for hydroxylation is 1. The zero-order chi connectivity index (χ0) is 13.9. The van der Waals surface area contributed by atoms with E-state index in [2.05, 4.69) is 31.1 Å². The van der Waals surface area contributed by atoms with Crippen molar-refractivity contribution < 1.29 is 9.32 Å². The van der Waals surface area contributed by atoms with Gasteiger partial charge in [0.1, 0.15) is 17.0 Å². The second-order valence-corrected chi connectivity index (χ2v) is 4.02. The normalized spacial score (nSPS) is 10.4. The molecule has 0 saturated carbocycles. The van der Waals surface area contributed by atoms with Crippen molar-refractivity contribution in [3.8, 4) is 11.3 Å². The minimum Gasteiger partial charge on any atom is -0.360 e. The van der Waals surface area contributed by atoms with Crippen molar-refractivity contribution in [2.45, 2.75) is 6.92 Å². The zero-order valence-electron chi connectivity index (χ0n) is 10.5. The Morgan fingerprint density at radius 1 is 1.30 bits per heavy atom. The summed E-state index contributed by atoms with van der Waals surface area (Å²) in [6, 6.07) is 9.31. The number of carbonyl (C=O) groups is 1. The second-order valence-electron chi connectivity index (χ2n) is 4.02. The predicted octanol–water partition coefficient (Wildman–Crippen LogP) is 1.42. The number of aromatic nitrogens is 5. The number of H-pyrrole nitrogens is 1. The van der Waals surface area contributed by atoms with Crippen LogP contribution < -0.4 is 5.32 Å². The van der Waals surface area contributed by atoms with Crippen molar-refractivity contribution in [1.82, 2.24) is 25.8 Å². The van der Waals surface area contributed by atoms with Gasteiger partial charge in [-0.1, -0.05) is 40.6 Å². The highest BCUT2D eigenvalue weighted by Crippen LogP contribution is 2.25. The molecule has 0 aliphatic rings.